The summed E-state index contributed by atoms with van der Waals surface area (Å²) in [6.45, 7) is 1.42. The number of carbonyl (C=O) groups is 2. The summed E-state index contributed by atoms with van der Waals surface area (Å²) in [6.07, 6.45) is 1.01. The zero-order valence-corrected chi connectivity index (χ0v) is 11.7. The van der Waals surface area contributed by atoms with E-state index in [9.17, 15) is 9.59 Å². The van der Waals surface area contributed by atoms with Crippen LogP contribution < -0.4 is 15.4 Å². The first-order chi connectivity index (χ1) is 9.06. The minimum absolute atomic E-state index is 0.102. The zero-order valence-electron chi connectivity index (χ0n) is 11.0. The van der Waals surface area contributed by atoms with Gasteiger partial charge in [0.1, 0.15) is 5.75 Å². The number of hydrogen-bond acceptors (Lipinski definition) is 3. The van der Waals surface area contributed by atoms with Gasteiger partial charge in [0.15, 0.2) is 0 Å². The third-order valence-electron chi connectivity index (χ3n) is 2.33. The fourth-order valence-electron chi connectivity index (χ4n) is 1.51. The SMILES string of the molecule is COc1cc(NC(=O)CCCCl)ccc1NC(C)=O. The first kappa shape index (κ1) is 15.3. The van der Waals surface area contributed by atoms with Gasteiger partial charge >= 0.3 is 0 Å². The number of amides is 2. The third-order valence-corrected chi connectivity index (χ3v) is 2.60. The standard InChI is InChI=1S/C13H17ClN2O3/c1-9(17)15-11-6-5-10(8-12(11)19-2)16-13(18)4-3-7-14/h5-6,8H,3-4,7H2,1-2H3,(H,15,17)(H,16,18). The summed E-state index contributed by atoms with van der Waals surface area (Å²) in [4.78, 5) is 22.6. The number of benzene rings is 1. The summed E-state index contributed by atoms with van der Waals surface area (Å²) in [5.74, 6) is 0.663. The molecule has 0 fully saturated rings. The Labute approximate surface area is 117 Å². The van der Waals surface area contributed by atoms with Crippen LogP contribution in [0.4, 0.5) is 11.4 Å². The molecule has 0 aliphatic rings. The molecular formula is C13H17ClN2O3. The Balaban J connectivity index is 2.76. The summed E-state index contributed by atoms with van der Waals surface area (Å²) in [7, 11) is 1.50. The molecule has 1 aromatic carbocycles. The minimum atomic E-state index is -0.183. The highest BCUT2D eigenvalue weighted by Crippen LogP contribution is 2.28. The molecule has 0 aliphatic heterocycles. The lowest BCUT2D eigenvalue weighted by Crippen LogP contribution is -2.12. The van der Waals surface area contributed by atoms with Crippen molar-refractivity contribution in [3.8, 4) is 5.75 Å². The Morgan fingerprint density at radius 3 is 2.63 bits per heavy atom. The van der Waals surface area contributed by atoms with Gasteiger partial charge in [0, 0.05) is 31.0 Å². The summed E-state index contributed by atoms with van der Waals surface area (Å²) >= 11 is 5.53. The molecule has 0 saturated carbocycles. The fraction of sp³-hybridized carbons (Fsp3) is 0.385. The van der Waals surface area contributed by atoms with Crippen molar-refractivity contribution in [1.82, 2.24) is 0 Å². The third kappa shape index (κ3) is 5.18. The first-order valence-corrected chi connectivity index (χ1v) is 6.41. The molecule has 0 aromatic heterocycles. The van der Waals surface area contributed by atoms with Crippen LogP contribution >= 0.6 is 11.6 Å². The van der Waals surface area contributed by atoms with Gasteiger partial charge in [-0.05, 0) is 18.6 Å². The zero-order chi connectivity index (χ0) is 14.3. The number of anilines is 2. The molecule has 6 heteroatoms. The van der Waals surface area contributed by atoms with Gasteiger partial charge in [0.25, 0.3) is 0 Å². The molecule has 2 amide bonds. The van der Waals surface area contributed by atoms with Crippen LogP contribution in [0.1, 0.15) is 19.8 Å². The summed E-state index contributed by atoms with van der Waals surface area (Å²) < 4.78 is 5.16. The number of methoxy groups -OCH3 is 1. The maximum absolute atomic E-state index is 11.6. The molecule has 0 aliphatic carbocycles. The van der Waals surface area contributed by atoms with Gasteiger partial charge in [-0.1, -0.05) is 0 Å². The lowest BCUT2D eigenvalue weighted by atomic mass is 10.2. The molecule has 1 aromatic rings. The van der Waals surface area contributed by atoms with E-state index in [1.54, 1.807) is 18.2 Å². The molecular weight excluding hydrogens is 268 g/mol. The van der Waals surface area contributed by atoms with Gasteiger partial charge < -0.3 is 15.4 Å². The normalized spacial score (nSPS) is 9.84. The molecule has 104 valence electrons. The fourth-order valence-corrected chi connectivity index (χ4v) is 1.65. The van der Waals surface area contributed by atoms with Gasteiger partial charge in [0.2, 0.25) is 11.8 Å². The molecule has 2 N–H and O–H groups in total. The van der Waals surface area contributed by atoms with E-state index in [0.717, 1.165) is 0 Å². The van der Waals surface area contributed by atoms with Crippen LogP contribution in [0.3, 0.4) is 0 Å². The number of rotatable bonds is 6. The van der Waals surface area contributed by atoms with E-state index in [0.29, 0.717) is 35.8 Å². The Morgan fingerprint density at radius 2 is 2.05 bits per heavy atom. The Bertz CT molecular complexity index is 463. The van der Waals surface area contributed by atoms with Gasteiger partial charge in [-0.15, -0.1) is 11.6 Å². The van der Waals surface area contributed by atoms with E-state index in [1.165, 1.54) is 14.0 Å². The average molecular weight is 285 g/mol. The van der Waals surface area contributed by atoms with Crippen molar-refractivity contribution in [2.75, 3.05) is 23.6 Å². The number of alkyl halides is 1. The van der Waals surface area contributed by atoms with Crippen LogP contribution in [0.5, 0.6) is 5.75 Å². The number of nitrogens with one attached hydrogen (secondary N) is 2. The van der Waals surface area contributed by atoms with Gasteiger partial charge in [-0.3, -0.25) is 9.59 Å². The van der Waals surface area contributed by atoms with Crippen molar-refractivity contribution >= 4 is 34.8 Å². The molecule has 0 bridgehead atoms. The van der Waals surface area contributed by atoms with Crippen LogP contribution in [0.2, 0.25) is 0 Å². The van der Waals surface area contributed by atoms with E-state index in [4.69, 9.17) is 16.3 Å². The number of carbonyl (C=O) groups excluding carboxylic acids is 2. The lowest BCUT2D eigenvalue weighted by molar-refractivity contribution is -0.116. The predicted octanol–water partition coefficient (Wildman–Crippen LogP) is 2.61. The quantitative estimate of drug-likeness (QED) is 0.789. The topological polar surface area (TPSA) is 67.4 Å². The smallest absolute Gasteiger partial charge is 0.224 e. The highest BCUT2D eigenvalue weighted by molar-refractivity contribution is 6.18. The molecule has 0 atom stereocenters. The second kappa shape index (κ2) is 7.63. The number of ether oxygens (including phenoxy) is 1. The molecule has 19 heavy (non-hydrogen) atoms. The lowest BCUT2D eigenvalue weighted by Gasteiger charge is -2.11. The van der Waals surface area contributed by atoms with Crippen LogP contribution in [0.25, 0.3) is 0 Å². The van der Waals surface area contributed by atoms with E-state index < -0.39 is 0 Å². The molecule has 0 spiro atoms. The molecule has 5 nitrogen and oxygen atoms in total. The highest BCUT2D eigenvalue weighted by Gasteiger charge is 2.08. The highest BCUT2D eigenvalue weighted by atomic mass is 35.5. The van der Waals surface area contributed by atoms with Crippen molar-refractivity contribution in [2.24, 2.45) is 0 Å². The van der Waals surface area contributed by atoms with Crippen molar-refractivity contribution in [3.63, 3.8) is 0 Å². The van der Waals surface area contributed by atoms with E-state index >= 15 is 0 Å². The van der Waals surface area contributed by atoms with Crippen molar-refractivity contribution < 1.29 is 14.3 Å². The van der Waals surface area contributed by atoms with Crippen molar-refractivity contribution in [2.45, 2.75) is 19.8 Å². The Hall–Kier alpha value is -1.75. The molecule has 0 saturated heterocycles. The Morgan fingerprint density at radius 1 is 1.32 bits per heavy atom. The summed E-state index contributed by atoms with van der Waals surface area (Å²) in [6, 6.07) is 5.04. The summed E-state index contributed by atoms with van der Waals surface area (Å²) in [5, 5.41) is 5.39. The Kier molecular flexibility index (Phi) is 6.15. The average Bonchev–Trinajstić information content (AvgIpc) is 2.37. The van der Waals surface area contributed by atoms with Crippen LogP contribution in [0, 0.1) is 0 Å². The maximum Gasteiger partial charge on any atom is 0.224 e. The predicted molar refractivity (Wildman–Crippen MR) is 75.9 cm³/mol. The second-order valence-electron chi connectivity index (χ2n) is 3.94. The number of halogens is 1. The first-order valence-electron chi connectivity index (χ1n) is 5.88. The van der Waals surface area contributed by atoms with Crippen molar-refractivity contribution in [3.05, 3.63) is 18.2 Å². The van der Waals surface area contributed by atoms with Gasteiger partial charge in [-0.25, -0.2) is 0 Å². The number of hydrogen-bond donors (Lipinski definition) is 2. The maximum atomic E-state index is 11.6. The molecule has 0 radical (unpaired) electrons. The molecule has 0 heterocycles. The monoisotopic (exact) mass is 284 g/mol. The van der Waals surface area contributed by atoms with Gasteiger partial charge in [-0.2, -0.15) is 0 Å². The summed E-state index contributed by atoms with van der Waals surface area (Å²) in [5.41, 5.74) is 1.18. The van der Waals surface area contributed by atoms with Crippen LogP contribution in [-0.4, -0.2) is 24.8 Å². The van der Waals surface area contributed by atoms with Crippen LogP contribution in [0.15, 0.2) is 18.2 Å². The van der Waals surface area contributed by atoms with E-state index in [-0.39, 0.29) is 11.8 Å². The van der Waals surface area contributed by atoms with E-state index in [1.807, 2.05) is 0 Å². The second-order valence-corrected chi connectivity index (χ2v) is 4.31. The largest absolute Gasteiger partial charge is 0.494 e. The minimum Gasteiger partial charge on any atom is -0.494 e. The van der Waals surface area contributed by atoms with E-state index in [2.05, 4.69) is 10.6 Å². The van der Waals surface area contributed by atoms with Crippen LogP contribution in [-0.2, 0) is 9.59 Å². The molecule has 1 rings (SSSR count). The van der Waals surface area contributed by atoms with Crippen molar-refractivity contribution in [1.29, 1.82) is 0 Å². The molecule has 0 unspecified atom stereocenters. The van der Waals surface area contributed by atoms with Gasteiger partial charge in [0.05, 0.1) is 12.8 Å².